The van der Waals surface area contributed by atoms with Gasteiger partial charge in [-0.3, -0.25) is 14.5 Å². The quantitative estimate of drug-likeness (QED) is 0.675. The largest absolute Gasteiger partial charge is 0.437 e. The number of nitrogens with zero attached hydrogens (tertiary/aromatic N) is 4. The third kappa shape index (κ3) is 5.60. The lowest BCUT2D eigenvalue weighted by molar-refractivity contribution is -0.136. The van der Waals surface area contributed by atoms with Gasteiger partial charge in [-0.15, -0.1) is 0 Å². The number of likely N-dealkylation sites (N-methyl/N-ethyl adjacent to an activating group) is 1. The molecule has 1 fully saturated rings. The van der Waals surface area contributed by atoms with Gasteiger partial charge in [0.2, 0.25) is 17.7 Å². The number of carbonyl (C=O) groups is 2. The van der Waals surface area contributed by atoms with Crippen LogP contribution in [0.25, 0.3) is 0 Å². The van der Waals surface area contributed by atoms with E-state index in [0.29, 0.717) is 36.3 Å². The maximum absolute atomic E-state index is 13.6. The molecule has 0 spiro atoms. The van der Waals surface area contributed by atoms with Crippen LogP contribution >= 0.6 is 11.6 Å². The van der Waals surface area contributed by atoms with Crippen LogP contribution in [0, 0.1) is 0 Å². The Labute approximate surface area is 213 Å². The van der Waals surface area contributed by atoms with Crippen LogP contribution in [-0.2, 0) is 15.0 Å². The van der Waals surface area contributed by atoms with Gasteiger partial charge in [0.1, 0.15) is 11.8 Å². The van der Waals surface area contributed by atoms with Gasteiger partial charge in [0.05, 0.1) is 17.3 Å². The molecule has 1 aromatic heterocycles. The summed E-state index contributed by atoms with van der Waals surface area (Å²) in [5, 5.41) is 3.84. The molecule has 2 amide bonds. The molecule has 0 radical (unpaired) electrons. The van der Waals surface area contributed by atoms with Gasteiger partial charge in [-0.25, -0.2) is 4.98 Å². The third-order valence-electron chi connectivity index (χ3n) is 6.46. The number of hydrogen-bond acceptors (Lipinski definition) is 6. The molecule has 2 aromatic rings. The minimum absolute atomic E-state index is 0. The number of halogens is 1. The maximum Gasteiger partial charge on any atom is 0.241 e. The maximum atomic E-state index is 13.6. The van der Waals surface area contributed by atoms with Crippen molar-refractivity contribution < 1.29 is 14.3 Å². The molecule has 3 heterocycles. The van der Waals surface area contributed by atoms with Gasteiger partial charge in [-0.1, -0.05) is 45.0 Å². The van der Waals surface area contributed by atoms with Crippen molar-refractivity contribution in [3.63, 3.8) is 0 Å². The van der Waals surface area contributed by atoms with Crippen LogP contribution in [-0.4, -0.2) is 79.0 Å². The van der Waals surface area contributed by atoms with Crippen molar-refractivity contribution in [1.82, 2.24) is 20.1 Å². The number of fused-ring (bicyclic) bond motifs is 1. The predicted molar refractivity (Wildman–Crippen MR) is 139 cm³/mol. The minimum atomic E-state index is -0.373. The summed E-state index contributed by atoms with van der Waals surface area (Å²) in [6.07, 6.45) is 1.78. The Balaban J connectivity index is 0.00000342. The number of benzene rings is 1. The van der Waals surface area contributed by atoms with E-state index < -0.39 is 0 Å². The Kier molecular flexibility index (Phi) is 8.09. The van der Waals surface area contributed by atoms with Crippen molar-refractivity contribution in [3.05, 3.63) is 47.1 Å². The molecule has 1 saturated heterocycles. The van der Waals surface area contributed by atoms with E-state index in [0.717, 1.165) is 11.3 Å². The SMILES string of the molecule is C.C[C@@H]1CN(CC(=O)N2CC(C)(C)c3cnc(Oc4ccccc4Cl)cc32)[C@@H](C(=O)N(C)C)CN1. The normalized spacial score (nSPS) is 21.1. The van der Waals surface area contributed by atoms with E-state index in [9.17, 15) is 9.59 Å². The highest BCUT2D eigenvalue weighted by molar-refractivity contribution is 6.32. The van der Waals surface area contributed by atoms with Crippen LogP contribution < -0.4 is 15.0 Å². The molecule has 0 bridgehead atoms. The van der Waals surface area contributed by atoms with Gasteiger partial charge in [-0.05, 0) is 19.1 Å². The van der Waals surface area contributed by atoms with E-state index in [2.05, 4.69) is 31.1 Å². The first-order chi connectivity index (χ1) is 16.1. The zero-order valence-corrected chi connectivity index (χ0v) is 21.1. The fraction of sp³-hybridized carbons (Fsp3) is 0.500. The second-order valence-electron chi connectivity index (χ2n) is 9.92. The second-order valence-corrected chi connectivity index (χ2v) is 10.3. The van der Waals surface area contributed by atoms with Crippen molar-refractivity contribution in [3.8, 4) is 11.6 Å². The average Bonchev–Trinajstić information content (AvgIpc) is 3.05. The number of amides is 2. The van der Waals surface area contributed by atoms with E-state index in [-0.39, 0.29) is 43.3 Å². The van der Waals surface area contributed by atoms with Gasteiger partial charge in [0, 0.05) is 63.0 Å². The first-order valence-electron chi connectivity index (χ1n) is 11.5. The molecule has 1 N–H and O–H groups in total. The lowest BCUT2D eigenvalue weighted by Gasteiger charge is -2.39. The molecule has 0 saturated carbocycles. The number of hydrogen-bond donors (Lipinski definition) is 1. The number of para-hydroxylation sites is 1. The smallest absolute Gasteiger partial charge is 0.241 e. The summed E-state index contributed by atoms with van der Waals surface area (Å²) >= 11 is 6.24. The number of anilines is 1. The molecule has 1 aromatic carbocycles. The van der Waals surface area contributed by atoms with E-state index in [1.54, 1.807) is 48.3 Å². The molecule has 0 unspecified atom stereocenters. The Bertz CT molecular complexity index is 1090. The second kappa shape index (κ2) is 10.5. The Hall–Kier alpha value is -2.68. The van der Waals surface area contributed by atoms with Crippen molar-refractivity contribution in [2.45, 2.75) is 45.7 Å². The molecule has 2 atom stereocenters. The molecule has 2 aliphatic rings. The van der Waals surface area contributed by atoms with E-state index in [1.807, 2.05) is 17.0 Å². The summed E-state index contributed by atoms with van der Waals surface area (Å²) in [5.74, 6) is 0.826. The van der Waals surface area contributed by atoms with Gasteiger partial charge in [0.15, 0.2) is 0 Å². The lowest BCUT2D eigenvalue weighted by atomic mass is 9.88. The third-order valence-corrected chi connectivity index (χ3v) is 6.77. The van der Waals surface area contributed by atoms with Crippen molar-refractivity contribution >= 4 is 29.1 Å². The number of ether oxygens (including phenoxy) is 1. The monoisotopic (exact) mass is 501 g/mol. The van der Waals surface area contributed by atoms with Crippen LogP contribution in [0.4, 0.5) is 5.69 Å². The summed E-state index contributed by atoms with van der Waals surface area (Å²) in [6, 6.07) is 8.82. The first-order valence-corrected chi connectivity index (χ1v) is 11.9. The average molecular weight is 502 g/mol. The molecule has 2 aliphatic heterocycles. The highest BCUT2D eigenvalue weighted by Gasteiger charge is 2.41. The predicted octanol–water partition coefficient (Wildman–Crippen LogP) is 3.54. The van der Waals surface area contributed by atoms with Gasteiger partial charge in [0.25, 0.3) is 0 Å². The summed E-state index contributed by atoms with van der Waals surface area (Å²) < 4.78 is 5.92. The van der Waals surface area contributed by atoms with Crippen molar-refractivity contribution in [2.24, 2.45) is 0 Å². The Morgan fingerprint density at radius 2 is 2.00 bits per heavy atom. The zero-order valence-electron chi connectivity index (χ0n) is 20.3. The summed E-state index contributed by atoms with van der Waals surface area (Å²) in [5.41, 5.74) is 1.52. The van der Waals surface area contributed by atoms with E-state index in [1.165, 1.54) is 0 Å². The molecule has 35 heavy (non-hydrogen) atoms. The lowest BCUT2D eigenvalue weighted by Crippen LogP contribution is -2.62. The molecular formula is C26H36ClN5O3. The van der Waals surface area contributed by atoms with E-state index >= 15 is 0 Å². The molecular weight excluding hydrogens is 466 g/mol. The standard InChI is InChI=1S/C25H32ClN5O3.CH4/c1-16-13-30(20(12-27-16)24(33)29(4)5)14-23(32)31-15-25(2,3)17-11-28-22(10-19(17)31)34-21-9-7-6-8-18(21)26;/h6-11,16,20,27H,12-15H2,1-5H3;1H4/t16-,20-;/m1./s1. The van der Waals surface area contributed by atoms with Crippen molar-refractivity contribution in [1.29, 1.82) is 0 Å². The van der Waals surface area contributed by atoms with Crippen LogP contribution in [0.2, 0.25) is 5.02 Å². The number of piperazine rings is 1. The summed E-state index contributed by atoms with van der Waals surface area (Å²) in [7, 11) is 3.49. The minimum Gasteiger partial charge on any atom is -0.437 e. The molecule has 8 nitrogen and oxygen atoms in total. The van der Waals surface area contributed by atoms with Crippen LogP contribution in [0.1, 0.15) is 33.8 Å². The van der Waals surface area contributed by atoms with Crippen LogP contribution in [0.3, 0.4) is 0 Å². The Morgan fingerprint density at radius 1 is 1.29 bits per heavy atom. The van der Waals surface area contributed by atoms with Crippen LogP contribution in [0.5, 0.6) is 11.6 Å². The summed E-state index contributed by atoms with van der Waals surface area (Å²) in [4.78, 5) is 36.2. The van der Waals surface area contributed by atoms with E-state index in [4.69, 9.17) is 16.3 Å². The fourth-order valence-corrected chi connectivity index (χ4v) is 4.79. The van der Waals surface area contributed by atoms with Gasteiger partial charge in [-0.2, -0.15) is 0 Å². The first kappa shape index (κ1) is 26.9. The highest BCUT2D eigenvalue weighted by Crippen LogP contribution is 2.42. The molecule has 9 heteroatoms. The molecule has 190 valence electrons. The fourth-order valence-electron chi connectivity index (χ4n) is 4.62. The zero-order chi connectivity index (χ0) is 24.6. The number of carbonyl (C=O) groups excluding carboxylic acids is 2. The van der Waals surface area contributed by atoms with Crippen LogP contribution in [0.15, 0.2) is 36.5 Å². The number of pyridine rings is 1. The number of nitrogens with one attached hydrogen (secondary N) is 1. The highest BCUT2D eigenvalue weighted by atomic mass is 35.5. The topological polar surface area (TPSA) is 78.0 Å². The number of aromatic nitrogens is 1. The molecule has 4 rings (SSSR count). The van der Waals surface area contributed by atoms with Crippen molar-refractivity contribution in [2.75, 3.05) is 45.2 Å². The summed E-state index contributed by atoms with van der Waals surface area (Å²) in [6.45, 7) is 8.10. The molecule has 0 aliphatic carbocycles. The number of rotatable bonds is 5. The van der Waals surface area contributed by atoms with Gasteiger partial charge < -0.3 is 19.9 Å². The Morgan fingerprint density at radius 3 is 2.69 bits per heavy atom. The van der Waals surface area contributed by atoms with Gasteiger partial charge >= 0.3 is 0 Å².